The van der Waals surface area contributed by atoms with Crippen LogP contribution in [0.25, 0.3) is 0 Å². The molecule has 0 aromatic heterocycles. The summed E-state index contributed by atoms with van der Waals surface area (Å²) < 4.78 is 0. The van der Waals surface area contributed by atoms with Crippen LogP contribution in [0.15, 0.2) is 30.3 Å². The zero-order valence-corrected chi connectivity index (χ0v) is 18.0. The average molecular weight is 383 g/mol. The highest BCUT2D eigenvalue weighted by atomic mass is 16.2. The van der Waals surface area contributed by atoms with Crippen LogP contribution in [0.5, 0.6) is 0 Å². The molecule has 2 saturated carbocycles. The van der Waals surface area contributed by atoms with Gasteiger partial charge >= 0.3 is 0 Å². The molecule has 1 aromatic rings. The average Bonchev–Trinajstić information content (AvgIpc) is 2.68. The van der Waals surface area contributed by atoms with Crippen LogP contribution in [0, 0.1) is 16.7 Å². The molecule has 4 atom stereocenters. The fourth-order valence-corrected chi connectivity index (χ4v) is 7.05. The van der Waals surface area contributed by atoms with Crippen molar-refractivity contribution in [2.45, 2.75) is 83.6 Å². The number of likely N-dealkylation sites (tertiary alicyclic amines) is 1. The van der Waals surface area contributed by atoms with Gasteiger partial charge in [-0.05, 0) is 67.3 Å². The molecule has 0 spiro atoms. The predicted molar refractivity (Wildman–Crippen MR) is 115 cm³/mol. The molecule has 3 fully saturated rings. The minimum atomic E-state index is -0.241. The Bertz CT molecular complexity index is 711. The van der Waals surface area contributed by atoms with E-state index >= 15 is 0 Å². The van der Waals surface area contributed by atoms with E-state index in [0.717, 1.165) is 38.8 Å². The molecule has 4 unspecified atom stereocenters. The summed E-state index contributed by atoms with van der Waals surface area (Å²) in [6.07, 6.45) is 8.91. The SMILES string of the molecule is CCC1(C)CC2CC(C)(C(=O)N3CCC(N)CC3)CC(c3ccccc3)(C2)C1. The topological polar surface area (TPSA) is 46.3 Å². The monoisotopic (exact) mass is 382 g/mol. The summed E-state index contributed by atoms with van der Waals surface area (Å²) in [7, 11) is 0. The lowest BCUT2D eigenvalue weighted by Crippen LogP contribution is -2.56. The third kappa shape index (κ3) is 3.51. The molecule has 1 aliphatic heterocycles. The summed E-state index contributed by atoms with van der Waals surface area (Å²) in [6, 6.07) is 11.4. The quantitative estimate of drug-likeness (QED) is 0.809. The van der Waals surface area contributed by atoms with E-state index in [2.05, 4.69) is 56.0 Å². The Morgan fingerprint density at radius 1 is 1.07 bits per heavy atom. The number of nitrogens with zero attached hydrogens (tertiary/aromatic N) is 1. The molecule has 1 amide bonds. The van der Waals surface area contributed by atoms with Gasteiger partial charge in [0.05, 0.1) is 0 Å². The highest BCUT2D eigenvalue weighted by molar-refractivity contribution is 5.83. The molecule has 1 aromatic carbocycles. The van der Waals surface area contributed by atoms with Gasteiger partial charge in [-0.1, -0.05) is 57.5 Å². The predicted octanol–water partition coefficient (Wildman–Crippen LogP) is 4.89. The Hall–Kier alpha value is -1.35. The molecular weight excluding hydrogens is 344 g/mol. The number of hydrogen-bond acceptors (Lipinski definition) is 2. The molecule has 1 saturated heterocycles. The van der Waals surface area contributed by atoms with Crippen molar-refractivity contribution in [2.75, 3.05) is 13.1 Å². The van der Waals surface area contributed by atoms with Crippen LogP contribution < -0.4 is 5.73 Å². The molecule has 154 valence electrons. The molecule has 3 aliphatic rings. The second-order valence-electron chi connectivity index (χ2n) is 10.8. The third-order valence-electron chi connectivity index (χ3n) is 8.28. The maximum absolute atomic E-state index is 13.7. The van der Waals surface area contributed by atoms with Crippen LogP contribution in [-0.4, -0.2) is 29.9 Å². The smallest absolute Gasteiger partial charge is 0.228 e. The highest BCUT2D eigenvalue weighted by Crippen LogP contribution is 2.62. The summed E-state index contributed by atoms with van der Waals surface area (Å²) >= 11 is 0. The van der Waals surface area contributed by atoms with Crippen molar-refractivity contribution < 1.29 is 4.79 Å². The van der Waals surface area contributed by atoms with Gasteiger partial charge in [-0.3, -0.25) is 4.79 Å². The Labute approximate surface area is 171 Å². The molecule has 0 radical (unpaired) electrons. The zero-order valence-electron chi connectivity index (χ0n) is 18.0. The number of amides is 1. The van der Waals surface area contributed by atoms with E-state index in [1.165, 1.54) is 31.2 Å². The van der Waals surface area contributed by atoms with Crippen molar-refractivity contribution in [1.29, 1.82) is 0 Å². The summed E-state index contributed by atoms with van der Waals surface area (Å²) in [5.41, 5.74) is 7.84. The van der Waals surface area contributed by atoms with E-state index < -0.39 is 0 Å². The number of carbonyl (C=O) groups excluding carboxylic acids is 1. The maximum atomic E-state index is 13.7. The van der Waals surface area contributed by atoms with E-state index in [9.17, 15) is 4.79 Å². The molecule has 2 aliphatic carbocycles. The lowest BCUT2D eigenvalue weighted by Gasteiger charge is -2.58. The van der Waals surface area contributed by atoms with Crippen LogP contribution in [-0.2, 0) is 10.2 Å². The lowest BCUT2D eigenvalue weighted by molar-refractivity contribution is -0.150. The molecule has 2 bridgehead atoms. The third-order valence-corrected chi connectivity index (χ3v) is 8.28. The normalized spacial score (nSPS) is 39.0. The van der Waals surface area contributed by atoms with Crippen LogP contribution in [0.3, 0.4) is 0 Å². The molecule has 3 heteroatoms. The van der Waals surface area contributed by atoms with E-state index in [1.54, 1.807) is 0 Å². The first-order valence-corrected chi connectivity index (χ1v) is 11.4. The van der Waals surface area contributed by atoms with Crippen molar-refractivity contribution in [1.82, 2.24) is 4.90 Å². The van der Waals surface area contributed by atoms with E-state index in [-0.39, 0.29) is 16.9 Å². The van der Waals surface area contributed by atoms with Gasteiger partial charge in [0.1, 0.15) is 0 Å². The lowest BCUT2D eigenvalue weighted by atomic mass is 9.47. The van der Waals surface area contributed by atoms with Gasteiger partial charge in [0.15, 0.2) is 0 Å². The van der Waals surface area contributed by atoms with Crippen LogP contribution in [0.4, 0.5) is 0 Å². The summed E-state index contributed by atoms with van der Waals surface area (Å²) in [4.78, 5) is 15.8. The summed E-state index contributed by atoms with van der Waals surface area (Å²) in [5, 5.41) is 0. The minimum absolute atomic E-state index is 0.143. The van der Waals surface area contributed by atoms with Crippen molar-refractivity contribution in [3.8, 4) is 0 Å². The number of nitrogens with two attached hydrogens (primary N) is 1. The molecule has 2 N–H and O–H groups in total. The molecule has 4 rings (SSSR count). The van der Waals surface area contributed by atoms with Gasteiger partial charge in [0.25, 0.3) is 0 Å². The first kappa shape index (κ1) is 19.9. The number of rotatable bonds is 3. The van der Waals surface area contributed by atoms with E-state index in [0.29, 0.717) is 17.2 Å². The Morgan fingerprint density at radius 2 is 1.75 bits per heavy atom. The number of fused-ring (bicyclic) bond motifs is 2. The van der Waals surface area contributed by atoms with Crippen molar-refractivity contribution in [2.24, 2.45) is 22.5 Å². The standard InChI is InChI=1S/C25H38N2O/c1-4-23(2)14-19-15-24(3,22(28)27-12-10-21(26)11-13-27)18-25(16-19,17-23)20-8-6-5-7-9-20/h5-9,19,21H,4,10-18,26H2,1-3H3. The maximum Gasteiger partial charge on any atom is 0.228 e. The molecular formula is C25H38N2O. The first-order chi connectivity index (χ1) is 13.3. The van der Waals surface area contributed by atoms with Gasteiger partial charge < -0.3 is 10.6 Å². The van der Waals surface area contributed by atoms with Crippen molar-refractivity contribution in [3.05, 3.63) is 35.9 Å². The number of benzene rings is 1. The first-order valence-electron chi connectivity index (χ1n) is 11.4. The summed E-state index contributed by atoms with van der Waals surface area (Å²) in [5.74, 6) is 1.04. The Balaban J connectivity index is 1.66. The number of piperidine rings is 1. The number of carbonyl (C=O) groups is 1. The molecule has 28 heavy (non-hydrogen) atoms. The van der Waals surface area contributed by atoms with Crippen molar-refractivity contribution >= 4 is 5.91 Å². The van der Waals surface area contributed by atoms with Gasteiger partial charge in [-0.25, -0.2) is 0 Å². The van der Waals surface area contributed by atoms with Gasteiger partial charge in [0.2, 0.25) is 5.91 Å². The summed E-state index contributed by atoms with van der Waals surface area (Å²) in [6.45, 7) is 8.77. The van der Waals surface area contributed by atoms with Gasteiger partial charge in [0, 0.05) is 24.5 Å². The van der Waals surface area contributed by atoms with Crippen molar-refractivity contribution in [3.63, 3.8) is 0 Å². The second-order valence-corrected chi connectivity index (χ2v) is 10.8. The van der Waals surface area contributed by atoms with Gasteiger partial charge in [-0.15, -0.1) is 0 Å². The Morgan fingerprint density at radius 3 is 2.39 bits per heavy atom. The number of hydrogen-bond donors (Lipinski definition) is 1. The van der Waals surface area contributed by atoms with Gasteiger partial charge in [-0.2, -0.15) is 0 Å². The van der Waals surface area contributed by atoms with Crippen LogP contribution in [0.1, 0.15) is 77.7 Å². The molecule has 1 heterocycles. The largest absolute Gasteiger partial charge is 0.342 e. The zero-order chi connectivity index (χ0) is 20.0. The fourth-order valence-electron chi connectivity index (χ4n) is 7.05. The second kappa shape index (κ2) is 7.16. The van der Waals surface area contributed by atoms with Crippen LogP contribution >= 0.6 is 0 Å². The van der Waals surface area contributed by atoms with E-state index in [4.69, 9.17) is 5.73 Å². The molecule has 3 nitrogen and oxygen atoms in total. The van der Waals surface area contributed by atoms with Crippen LogP contribution in [0.2, 0.25) is 0 Å². The fraction of sp³-hybridized carbons (Fsp3) is 0.720. The van der Waals surface area contributed by atoms with E-state index in [1.807, 2.05) is 0 Å². The Kier molecular flexibility index (Phi) is 5.10. The minimum Gasteiger partial charge on any atom is -0.342 e. The highest BCUT2D eigenvalue weighted by Gasteiger charge is 2.56.